The first-order chi connectivity index (χ1) is 9.65. The van der Waals surface area contributed by atoms with Gasteiger partial charge in [-0.15, -0.1) is 5.10 Å². The van der Waals surface area contributed by atoms with Gasteiger partial charge in [-0.3, -0.25) is 9.59 Å². The molecule has 1 N–H and O–H groups in total. The zero-order chi connectivity index (χ0) is 14.7. The Balaban J connectivity index is 3.23. The standard InChI is InChI=1S/C10H5N8O2/c11-14-5-3-1-2-4-6(5)10(20)8(16-18-13)7(9(4)19)15-17-12/h1-2,13H,3H2/q+1. The molecule has 0 unspecified atom stereocenters. The topological polar surface area (TPSA) is 160 Å². The monoisotopic (exact) mass is 269 g/mol. The minimum absolute atomic E-state index is 0.00137. The molecule has 10 nitrogen and oxygen atoms in total. The summed E-state index contributed by atoms with van der Waals surface area (Å²) in [5.41, 5.74) is 13.9. The zero-order valence-electron chi connectivity index (χ0n) is 9.81. The Morgan fingerprint density at radius 1 is 1.30 bits per heavy atom. The van der Waals surface area contributed by atoms with Crippen LogP contribution in [0.1, 0.15) is 17.5 Å². The number of hydrogen-bond acceptors (Lipinski definition) is 6. The first-order valence-corrected chi connectivity index (χ1v) is 5.24. The highest BCUT2D eigenvalue weighted by atomic mass is 16.1. The molecule has 0 fully saturated rings. The number of hydrogen-bond donors (Lipinski definition) is 1. The number of allylic oxidation sites excluding steroid dienone is 1. The molecular weight excluding hydrogens is 264 g/mol. The summed E-state index contributed by atoms with van der Waals surface area (Å²) in [5.74, 6) is 0. The van der Waals surface area contributed by atoms with Gasteiger partial charge in [0.05, 0.1) is 6.42 Å². The fourth-order valence-electron chi connectivity index (χ4n) is 1.90. The highest BCUT2D eigenvalue weighted by Gasteiger charge is 2.27. The maximum atomic E-state index is 12.2. The van der Waals surface area contributed by atoms with E-state index < -0.39 is 21.6 Å². The zero-order valence-corrected chi connectivity index (χ0v) is 9.81. The molecule has 0 radical (unpaired) electrons. The van der Waals surface area contributed by atoms with Crippen molar-refractivity contribution in [2.24, 2.45) is 15.4 Å². The van der Waals surface area contributed by atoms with Gasteiger partial charge in [-0.1, -0.05) is 17.4 Å². The lowest BCUT2D eigenvalue weighted by molar-refractivity contribution is -0.00616. The van der Waals surface area contributed by atoms with Crippen LogP contribution in [0, 0.1) is 10.9 Å². The molecule has 0 spiro atoms. The van der Waals surface area contributed by atoms with Gasteiger partial charge in [0, 0.05) is 5.56 Å². The van der Waals surface area contributed by atoms with Gasteiger partial charge in [-0.2, -0.15) is 10.3 Å². The molecule has 0 aliphatic heterocycles. The van der Waals surface area contributed by atoms with E-state index in [9.17, 15) is 9.59 Å². The predicted octanol–water partition coefficient (Wildman–Crippen LogP) is -0.766. The lowest BCUT2D eigenvalue weighted by Gasteiger charge is -2.02. The summed E-state index contributed by atoms with van der Waals surface area (Å²) in [6.45, 7) is 0. The SMILES string of the molecule is N#[N+]N=c1c(=O)c2c(c(=O)c1=NN=N)C(=[N+]=[N-])CC=C2. The summed E-state index contributed by atoms with van der Waals surface area (Å²) in [6, 6.07) is 0. The molecule has 0 aromatic heterocycles. The van der Waals surface area contributed by atoms with Crippen molar-refractivity contribution in [3.05, 3.63) is 59.0 Å². The smallest absolute Gasteiger partial charge is 0.339 e. The van der Waals surface area contributed by atoms with Crippen molar-refractivity contribution in [3.8, 4) is 0 Å². The quantitative estimate of drug-likeness (QED) is 0.307. The number of benzene rings is 1. The van der Waals surface area contributed by atoms with Crippen LogP contribution >= 0.6 is 0 Å². The second kappa shape index (κ2) is 5.05. The number of rotatable bonds is 1. The molecule has 0 bridgehead atoms. The summed E-state index contributed by atoms with van der Waals surface area (Å²) >= 11 is 0. The van der Waals surface area contributed by atoms with Gasteiger partial charge in [0.2, 0.25) is 16.2 Å². The van der Waals surface area contributed by atoms with Crippen molar-refractivity contribution in [1.82, 2.24) is 0 Å². The molecule has 0 amide bonds. The molecular formula is C10H5N8O2+. The van der Waals surface area contributed by atoms with E-state index in [1.807, 2.05) is 0 Å². The van der Waals surface area contributed by atoms with Crippen LogP contribution in [0.25, 0.3) is 16.7 Å². The third kappa shape index (κ3) is 1.80. The molecule has 0 atom stereocenters. The van der Waals surface area contributed by atoms with E-state index in [-0.39, 0.29) is 23.3 Å². The molecule has 20 heavy (non-hydrogen) atoms. The minimum atomic E-state index is -0.782. The van der Waals surface area contributed by atoms with E-state index in [4.69, 9.17) is 16.5 Å². The lowest BCUT2D eigenvalue weighted by atomic mass is 9.94. The Bertz CT molecular complexity index is 949. The van der Waals surface area contributed by atoms with Gasteiger partial charge < -0.3 is 5.53 Å². The fraction of sp³-hybridized carbons (Fsp3) is 0.100. The summed E-state index contributed by atoms with van der Waals surface area (Å²) in [4.78, 5) is 27.4. The van der Waals surface area contributed by atoms with Crippen molar-refractivity contribution in [2.45, 2.75) is 6.42 Å². The highest BCUT2D eigenvalue weighted by Crippen LogP contribution is 2.09. The van der Waals surface area contributed by atoms with Crippen LogP contribution in [0.3, 0.4) is 0 Å². The summed E-state index contributed by atoms with van der Waals surface area (Å²) in [7, 11) is 0. The molecule has 96 valence electrons. The number of diazo groups is 1. The van der Waals surface area contributed by atoms with Crippen molar-refractivity contribution >= 4 is 11.8 Å². The van der Waals surface area contributed by atoms with Crippen LogP contribution in [0.15, 0.2) is 31.1 Å². The van der Waals surface area contributed by atoms with Gasteiger partial charge in [0.1, 0.15) is 5.56 Å². The van der Waals surface area contributed by atoms with Crippen LogP contribution < -0.4 is 21.6 Å². The molecule has 0 heterocycles. The van der Waals surface area contributed by atoms with Crippen molar-refractivity contribution < 1.29 is 4.79 Å². The first kappa shape index (κ1) is 13.0. The average molecular weight is 269 g/mol. The Morgan fingerprint density at radius 2 is 2.05 bits per heavy atom. The van der Waals surface area contributed by atoms with Crippen LogP contribution in [-0.2, 0) is 0 Å². The molecule has 0 saturated carbocycles. The van der Waals surface area contributed by atoms with Crippen LogP contribution in [0.4, 0.5) is 0 Å². The van der Waals surface area contributed by atoms with Gasteiger partial charge >= 0.3 is 10.8 Å². The first-order valence-electron chi connectivity index (χ1n) is 5.24. The molecule has 2 rings (SSSR count). The van der Waals surface area contributed by atoms with E-state index in [0.717, 1.165) is 0 Å². The lowest BCUT2D eigenvalue weighted by Crippen LogP contribution is -2.52. The molecule has 1 aliphatic rings. The maximum Gasteiger partial charge on any atom is 0.339 e. The highest BCUT2D eigenvalue weighted by molar-refractivity contribution is 6.02. The Labute approximate surface area is 109 Å². The second-order valence-electron chi connectivity index (χ2n) is 3.69. The van der Waals surface area contributed by atoms with Crippen LogP contribution in [0.2, 0.25) is 0 Å². The van der Waals surface area contributed by atoms with E-state index >= 15 is 0 Å². The third-order valence-corrected chi connectivity index (χ3v) is 2.70. The second-order valence-corrected chi connectivity index (χ2v) is 3.69. The van der Waals surface area contributed by atoms with Gasteiger partial charge in [0.25, 0.3) is 5.39 Å². The van der Waals surface area contributed by atoms with Gasteiger partial charge in [-0.25, -0.2) is 0 Å². The van der Waals surface area contributed by atoms with Crippen molar-refractivity contribution in [3.63, 3.8) is 0 Å². The summed E-state index contributed by atoms with van der Waals surface area (Å²) in [5, 5.41) is 18.9. The van der Waals surface area contributed by atoms with E-state index in [1.165, 1.54) is 12.2 Å². The summed E-state index contributed by atoms with van der Waals surface area (Å²) < 4.78 is 0. The van der Waals surface area contributed by atoms with E-state index in [0.29, 0.717) is 0 Å². The Morgan fingerprint density at radius 3 is 2.65 bits per heavy atom. The van der Waals surface area contributed by atoms with Gasteiger partial charge in [0.15, 0.2) is 10.5 Å². The van der Waals surface area contributed by atoms with E-state index in [1.54, 1.807) is 0 Å². The predicted molar refractivity (Wildman–Crippen MR) is 64.1 cm³/mol. The van der Waals surface area contributed by atoms with Crippen molar-refractivity contribution in [1.29, 1.82) is 10.9 Å². The summed E-state index contributed by atoms with van der Waals surface area (Å²) in [6.07, 6.45) is 3.08. The largest absolute Gasteiger partial charge is 0.361 e. The molecule has 1 aromatic carbocycles. The Kier molecular flexibility index (Phi) is 3.28. The number of nitrogens with one attached hydrogen (secondary N) is 1. The van der Waals surface area contributed by atoms with Crippen LogP contribution in [-0.4, -0.2) is 10.5 Å². The third-order valence-electron chi connectivity index (χ3n) is 2.70. The maximum absolute atomic E-state index is 12.2. The number of fused-ring (bicyclic) bond motifs is 1. The number of nitrogens with zero attached hydrogens (tertiary/aromatic N) is 7. The fourth-order valence-corrected chi connectivity index (χ4v) is 1.90. The average Bonchev–Trinajstić information content (AvgIpc) is 2.47. The normalized spacial score (nSPS) is 14.7. The minimum Gasteiger partial charge on any atom is -0.361 e. The molecule has 1 aliphatic carbocycles. The molecule has 0 saturated heterocycles. The van der Waals surface area contributed by atoms with Gasteiger partial charge in [-0.05, 0) is 0 Å². The van der Waals surface area contributed by atoms with E-state index in [2.05, 4.69) is 25.3 Å². The van der Waals surface area contributed by atoms with Crippen molar-refractivity contribution in [2.75, 3.05) is 0 Å². The van der Waals surface area contributed by atoms with Crippen LogP contribution in [0.5, 0.6) is 0 Å². The molecule has 10 heteroatoms. The Hall–Kier alpha value is -3.44. The molecule has 1 aromatic rings.